The lowest BCUT2D eigenvalue weighted by Crippen LogP contribution is -2.35. The summed E-state index contributed by atoms with van der Waals surface area (Å²) in [5.41, 5.74) is 2.13. The van der Waals surface area contributed by atoms with Gasteiger partial charge in [-0.2, -0.15) is 0 Å². The second-order valence-electron chi connectivity index (χ2n) is 3.53. The van der Waals surface area contributed by atoms with Crippen LogP contribution in [0.4, 0.5) is 0 Å². The SMILES string of the molecule is CCNC(=O)[C@H]1Cc2cc(O)ccc21. The summed E-state index contributed by atoms with van der Waals surface area (Å²) in [4.78, 5) is 11.5. The van der Waals surface area contributed by atoms with E-state index in [1.165, 1.54) is 0 Å². The van der Waals surface area contributed by atoms with Crippen LogP contribution in [0.25, 0.3) is 0 Å². The molecule has 1 amide bonds. The van der Waals surface area contributed by atoms with Crippen LogP contribution in [0.3, 0.4) is 0 Å². The van der Waals surface area contributed by atoms with Crippen molar-refractivity contribution in [1.82, 2.24) is 5.32 Å². The van der Waals surface area contributed by atoms with Gasteiger partial charge in [-0.15, -0.1) is 0 Å². The molecule has 74 valence electrons. The molecule has 0 saturated carbocycles. The standard InChI is InChI=1S/C11H13NO2/c1-2-12-11(14)10-6-7-5-8(13)3-4-9(7)10/h3-5,10,13H,2,6H2,1H3,(H,12,14)/t10-/m0/s1. The van der Waals surface area contributed by atoms with Gasteiger partial charge in [-0.05, 0) is 36.6 Å². The van der Waals surface area contributed by atoms with Crippen molar-refractivity contribution in [2.45, 2.75) is 19.3 Å². The highest BCUT2D eigenvalue weighted by Crippen LogP contribution is 2.36. The lowest BCUT2D eigenvalue weighted by Gasteiger charge is -2.28. The summed E-state index contributed by atoms with van der Waals surface area (Å²) in [5.74, 6) is 0.356. The van der Waals surface area contributed by atoms with Crippen molar-refractivity contribution in [3.8, 4) is 5.75 Å². The first-order valence-corrected chi connectivity index (χ1v) is 4.82. The fourth-order valence-corrected chi connectivity index (χ4v) is 1.84. The molecule has 0 spiro atoms. The number of nitrogens with one attached hydrogen (secondary N) is 1. The number of hydrogen-bond acceptors (Lipinski definition) is 2. The summed E-state index contributed by atoms with van der Waals surface area (Å²) < 4.78 is 0. The average molecular weight is 191 g/mol. The second kappa shape index (κ2) is 3.33. The van der Waals surface area contributed by atoms with Crippen molar-refractivity contribution in [1.29, 1.82) is 0 Å². The number of aromatic hydroxyl groups is 1. The highest BCUT2D eigenvalue weighted by Gasteiger charge is 2.31. The summed E-state index contributed by atoms with van der Waals surface area (Å²) in [7, 11) is 0. The van der Waals surface area contributed by atoms with E-state index in [-0.39, 0.29) is 17.6 Å². The first-order valence-electron chi connectivity index (χ1n) is 4.82. The maximum atomic E-state index is 11.5. The predicted octanol–water partition coefficient (Wildman–Crippen LogP) is 1.17. The van der Waals surface area contributed by atoms with Gasteiger partial charge in [0.1, 0.15) is 5.75 Å². The lowest BCUT2D eigenvalue weighted by atomic mass is 9.77. The molecule has 1 aromatic carbocycles. The third-order valence-electron chi connectivity index (χ3n) is 2.59. The van der Waals surface area contributed by atoms with Crippen molar-refractivity contribution in [2.75, 3.05) is 6.54 Å². The molecule has 0 aromatic heterocycles. The molecule has 0 bridgehead atoms. The van der Waals surface area contributed by atoms with Gasteiger partial charge in [-0.25, -0.2) is 0 Å². The Kier molecular flexibility index (Phi) is 2.15. The van der Waals surface area contributed by atoms with Crippen LogP contribution in [0.1, 0.15) is 24.0 Å². The van der Waals surface area contributed by atoms with Crippen molar-refractivity contribution in [3.05, 3.63) is 29.3 Å². The van der Waals surface area contributed by atoms with Crippen molar-refractivity contribution < 1.29 is 9.90 Å². The van der Waals surface area contributed by atoms with Gasteiger partial charge < -0.3 is 10.4 Å². The zero-order chi connectivity index (χ0) is 10.1. The Balaban J connectivity index is 2.16. The maximum absolute atomic E-state index is 11.5. The Labute approximate surface area is 82.8 Å². The van der Waals surface area contributed by atoms with Gasteiger partial charge in [0.05, 0.1) is 5.92 Å². The summed E-state index contributed by atoms with van der Waals surface area (Å²) >= 11 is 0. The monoisotopic (exact) mass is 191 g/mol. The maximum Gasteiger partial charge on any atom is 0.227 e. The van der Waals surface area contributed by atoms with Crippen LogP contribution in [-0.4, -0.2) is 17.6 Å². The van der Waals surface area contributed by atoms with Gasteiger partial charge in [0.15, 0.2) is 0 Å². The molecule has 0 heterocycles. The van der Waals surface area contributed by atoms with Crippen LogP contribution >= 0.6 is 0 Å². The molecular formula is C11H13NO2. The first-order chi connectivity index (χ1) is 6.72. The Morgan fingerprint density at radius 1 is 1.64 bits per heavy atom. The van der Waals surface area contributed by atoms with E-state index < -0.39 is 0 Å². The Morgan fingerprint density at radius 3 is 3.07 bits per heavy atom. The summed E-state index contributed by atoms with van der Waals surface area (Å²) in [6, 6.07) is 5.18. The van der Waals surface area contributed by atoms with E-state index in [0.717, 1.165) is 17.5 Å². The van der Waals surface area contributed by atoms with Gasteiger partial charge in [-0.3, -0.25) is 4.79 Å². The van der Waals surface area contributed by atoms with Gasteiger partial charge in [0, 0.05) is 6.54 Å². The fourth-order valence-electron chi connectivity index (χ4n) is 1.84. The molecule has 3 nitrogen and oxygen atoms in total. The number of hydrogen-bond donors (Lipinski definition) is 2. The molecule has 3 heteroatoms. The number of phenols is 1. The van der Waals surface area contributed by atoms with E-state index >= 15 is 0 Å². The number of phenolic OH excluding ortho intramolecular Hbond substituents is 1. The molecule has 0 fully saturated rings. The Bertz CT molecular complexity index is 374. The Morgan fingerprint density at radius 2 is 2.43 bits per heavy atom. The summed E-state index contributed by atoms with van der Waals surface area (Å²) in [5, 5.41) is 12.0. The molecule has 0 saturated heterocycles. The number of rotatable bonds is 2. The predicted molar refractivity (Wildman–Crippen MR) is 53.2 cm³/mol. The average Bonchev–Trinajstić information content (AvgIpc) is 2.10. The lowest BCUT2D eigenvalue weighted by molar-refractivity contribution is -0.122. The number of carbonyl (C=O) groups excluding carboxylic acids is 1. The third-order valence-corrected chi connectivity index (χ3v) is 2.59. The van der Waals surface area contributed by atoms with Crippen LogP contribution < -0.4 is 5.32 Å². The molecule has 1 aromatic rings. The molecule has 1 aliphatic carbocycles. The van der Waals surface area contributed by atoms with Gasteiger partial charge >= 0.3 is 0 Å². The van der Waals surface area contributed by atoms with E-state index in [2.05, 4.69) is 5.32 Å². The quantitative estimate of drug-likeness (QED) is 0.737. The van der Waals surface area contributed by atoms with Gasteiger partial charge in [0.2, 0.25) is 5.91 Å². The highest BCUT2D eigenvalue weighted by molar-refractivity contribution is 5.86. The van der Waals surface area contributed by atoms with E-state index in [9.17, 15) is 9.90 Å². The minimum atomic E-state index is -0.00875. The van der Waals surface area contributed by atoms with E-state index in [1.807, 2.05) is 13.0 Å². The molecular weight excluding hydrogens is 178 g/mol. The molecule has 2 rings (SSSR count). The number of benzene rings is 1. The van der Waals surface area contributed by atoms with Crippen LogP contribution in [0.5, 0.6) is 5.75 Å². The number of fused-ring (bicyclic) bond motifs is 1. The van der Waals surface area contributed by atoms with E-state index in [0.29, 0.717) is 6.54 Å². The van der Waals surface area contributed by atoms with Crippen molar-refractivity contribution in [2.24, 2.45) is 0 Å². The normalized spacial score (nSPS) is 18.2. The van der Waals surface area contributed by atoms with Crippen molar-refractivity contribution in [3.63, 3.8) is 0 Å². The topological polar surface area (TPSA) is 49.3 Å². The Hall–Kier alpha value is -1.51. The van der Waals surface area contributed by atoms with Crippen LogP contribution in [0.2, 0.25) is 0 Å². The van der Waals surface area contributed by atoms with Gasteiger partial charge in [0.25, 0.3) is 0 Å². The molecule has 2 N–H and O–H groups in total. The highest BCUT2D eigenvalue weighted by atomic mass is 16.3. The first kappa shape index (κ1) is 9.06. The van der Waals surface area contributed by atoms with Crippen LogP contribution in [-0.2, 0) is 11.2 Å². The van der Waals surface area contributed by atoms with E-state index in [4.69, 9.17) is 0 Å². The van der Waals surface area contributed by atoms with Crippen LogP contribution in [0.15, 0.2) is 18.2 Å². The second-order valence-corrected chi connectivity index (χ2v) is 3.53. The smallest absolute Gasteiger partial charge is 0.227 e. The summed E-state index contributed by atoms with van der Waals surface area (Å²) in [6.07, 6.45) is 0.746. The minimum Gasteiger partial charge on any atom is -0.508 e. The molecule has 1 aliphatic rings. The zero-order valence-electron chi connectivity index (χ0n) is 8.08. The molecule has 14 heavy (non-hydrogen) atoms. The number of amides is 1. The molecule has 0 radical (unpaired) electrons. The molecule has 0 aliphatic heterocycles. The fraction of sp³-hybridized carbons (Fsp3) is 0.364. The third kappa shape index (κ3) is 1.35. The van der Waals surface area contributed by atoms with Crippen LogP contribution in [0, 0.1) is 0 Å². The molecule has 0 unspecified atom stereocenters. The minimum absolute atomic E-state index is 0.00875. The number of carbonyl (C=O) groups is 1. The largest absolute Gasteiger partial charge is 0.508 e. The van der Waals surface area contributed by atoms with Gasteiger partial charge in [-0.1, -0.05) is 6.07 Å². The van der Waals surface area contributed by atoms with E-state index in [1.54, 1.807) is 12.1 Å². The zero-order valence-corrected chi connectivity index (χ0v) is 8.08. The molecule has 1 atom stereocenters. The van der Waals surface area contributed by atoms with Crippen molar-refractivity contribution >= 4 is 5.91 Å². The number of likely N-dealkylation sites (N-methyl/N-ethyl adjacent to an activating group) is 1. The summed E-state index contributed by atoms with van der Waals surface area (Å²) in [6.45, 7) is 2.58.